The summed E-state index contributed by atoms with van der Waals surface area (Å²) >= 11 is 11.9. The number of anilines is 2. The monoisotopic (exact) mass is 400 g/mol. The van der Waals surface area contributed by atoms with E-state index in [1.807, 2.05) is 0 Å². The van der Waals surface area contributed by atoms with Crippen molar-refractivity contribution in [1.82, 2.24) is 0 Å². The highest BCUT2D eigenvalue weighted by Gasteiger charge is 2.41. The summed E-state index contributed by atoms with van der Waals surface area (Å²) in [6.45, 7) is 0. The molecule has 0 fully saturated rings. The molecule has 1 N–H and O–H groups in total. The first-order valence-electron chi connectivity index (χ1n) is 7.17. The second kappa shape index (κ2) is 6.66. The lowest BCUT2D eigenvalue weighted by Crippen LogP contribution is -2.32. The van der Waals surface area contributed by atoms with Gasteiger partial charge in [0.25, 0.3) is 11.8 Å². The van der Waals surface area contributed by atoms with Gasteiger partial charge in [0.2, 0.25) is 0 Å². The molecule has 3 rings (SSSR count). The molecule has 1 aliphatic rings. The first-order chi connectivity index (χ1) is 12.2. The van der Waals surface area contributed by atoms with Crippen LogP contribution in [0.4, 0.5) is 24.5 Å². The van der Waals surface area contributed by atoms with Crippen molar-refractivity contribution >= 4 is 46.4 Å². The van der Waals surface area contributed by atoms with Gasteiger partial charge in [-0.3, -0.25) is 9.59 Å². The Labute approximate surface area is 155 Å². The van der Waals surface area contributed by atoms with Crippen LogP contribution in [-0.2, 0) is 15.8 Å². The molecule has 4 nitrogen and oxygen atoms in total. The van der Waals surface area contributed by atoms with Gasteiger partial charge < -0.3 is 5.32 Å². The molecule has 0 aliphatic carbocycles. The number of imide groups is 1. The van der Waals surface area contributed by atoms with Gasteiger partial charge in [-0.1, -0.05) is 41.4 Å². The fourth-order valence-electron chi connectivity index (χ4n) is 2.36. The number of benzene rings is 2. The number of nitrogens with one attached hydrogen (secondary N) is 1. The van der Waals surface area contributed by atoms with E-state index in [9.17, 15) is 22.8 Å². The van der Waals surface area contributed by atoms with Crippen molar-refractivity contribution in [2.24, 2.45) is 0 Å². The number of hydrogen-bond acceptors (Lipinski definition) is 3. The summed E-state index contributed by atoms with van der Waals surface area (Å²) < 4.78 is 38.8. The molecule has 134 valence electrons. The number of carbonyl (C=O) groups excluding carboxylic acids is 2. The number of hydrogen-bond donors (Lipinski definition) is 1. The Morgan fingerprint density at radius 3 is 2.19 bits per heavy atom. The summed E-state index contributed by atoms with van der Waals surface area (Å²) in [6, 6.07) is 10.8. The largest absolute Gasteiger partial charge is 0.416 e. The molecule has 26 heavy (non-hydrogen) atoms. The Morgan fingerprint density at radius 2 is 1.58 bits per heavy atom. The molecule has 2 aromatic carbocycles. The van der Waals surface area contributed by atoms with Gasteiger partial charge in [0, 0.05) is 5.69 Å². The topological polar surface area (TPSA) is 49.4 Å². The maximum absolute atomic E-state index is 12.9. The Hall–Kier alpha value is -2.51. The van der Waals surface area contributed by atoms with Crippen LogP contribution in [0.2, 0.25) is 5.02 Å². The van der Waals surface area contributed by atoms with Gasteiger partial charge in [0.1, 0.15) is 10.7 Å². The lowest BCUT2D eigenvalue weighted by atomic mass is 10.2. The number of nitrogens with zero attached hydrogens (tertiary/aromatic N) is 1. The minimum Gasteiger partial charge on any atom is -0.350 e. The van der Waals surface area contributed by atoms with E-state index in [1.165, 1.54) is 0 Å². The quantitative estimate of drug-likeness (QED) is 0.753. The van der Waals surface area contributed by atoms with E-state index in [2.05, 4.69) is 5.32 Å². The first kappa shape index (κ1) is 18.3. The zero-order valence-corrected chi connectivity index (χ0v) is 14.3. The number of carbonyl (C=O) groups is 2. The molecule has 0 unspecified atom stereocenters. The Morgan fingerprint density at radius 1 is 0.923 bits per heavy atom. The molecule has 0 spiro atoms. The third-order valence-electron chi connectivity index (χ3n) is 3.58. The number of para-hydroxylation sites is 1. The van der Waals surface area contributed by atoms with Gasteiger partial charge in [0.15, 0.2) is 0 Å². The summed E-state index contributed by atoms with van der Waals surface area (Å²) in [6.07, 6.45) is -4.66. The van der Waals surface area contributed by atoms with Gasteiger partial charge in [-0.25, -0.2) is 4.90 Å². The van der Waals surface area contributed by atoms with E-state index in [-0.39, 0.29) is 16.4 Å². The maximum atomic E-state index is 12.9. The molecule has 2 amide bonds. The highest BCUT2D eigenvalue weighted by atomic mass is 35.5. The fraction of sp³-hybridized carbons (Fsp3) is 0.0588. The third kappa shape index (κ3) is 3.27. The molecule has 0 saturated heterocycles. The average Bonchev–Trinajstić information content (AvgIpc) is 2.79. The predicted octanol–water partition coefficient (Wildman–Crippen LogP) is 4.79. The van der Waals surface area contributed by atoms with Crippen LogP contribution in [0.1, 0.15) is 5.56 Å². The van der Waals surface area contributed by atoms with E-state index >= 15 is 0 Å². The van der Waals surface area contributed by atoms with E-state index in [4.69, 9.17) is 23.2 Å². The number of alkyl halides is 3. The van der Waals surface area contributed by atoms with Gasteiger partial charge in [0.05, 0.1) is 16.3 Å². The molecule has 0 aromatic heterocycles. The summed E-state index contributed by atoms with van der Waals surface area (Å²) in [5.41, 5.74) is -1.19. The Balaban J connectivity index is 1.99. The molecule has 0 radical (unpaired) electrons. The minimum absolute atomic E-state index is 0.190. The van der Waals surface area contributed by atoms with Crippen molar-refractivity contribution in [2.45, 2.75) is 6.18 Å². The molecule has 9 heteroatoms. The summed E-state index contributed by atoms with van der Waals surface area (Å²) in [5, 5.41) is 2.08. The van der Waals surface area contributed by atoms with Crippen molar-refractivity contribution in [2.75, 3.05) is 10.2 Å². The van der Waals surface area contributed by atoms with Crippen LogP contribution >= 0.6 is 23.2 Å². The van der Waals surface area contributed by atoms with Crippen LogP contribution in [-0.4, -0.2) is 11.8 Å². The fourth-order valence-corrected chi connectivity index (χ4v) is 2.77. The van der Waals surface area contributed by atoms with Crippen LogP contribution < -0.4 is 10.2 Å². The van der Waals surface area contributed by atoms with E-state index in [0.29, 0.717) is 16.7 Å². The minimum atomic E-state index is -4.66. The van der Waals surface area contributed by atoms with Crippen molar-refractivity contribution in [3.05, 3.63) is 69.8 Å². The van der Waals surface area contributed by atoms with Crippen molar-refractivity contribution < 1.29 is 22.8 Å². The molecule has 2 aromatic rings. The van der Waals surface area contributed by atoms with E-state index in [1.54, 1.807) is 30.3 Å². The molecule has 0 bridgehead atoms. The third-order valence-corrected chi connectivity index (χ3v) is 4.26. The predicted molar refractivity (Wildman–Crippen MR) is 91.9 cm³/mol. The molecular formula is C17H9Cl2F3N2O2. The van der Waals surface area contributed by atoms with Crippen LogP contribution in [0, 0.1) is 0 Å². The van der Waals surface area contributed by atoms with Gasteiger partial charge in [-0.15, -0.1) is 0 Å². The van der Waals surface area contributed by atoms with E-state index in [0.717, 1.165) is 12.1 Å². The second-order valence-electron chi connectivity index (χ2n) is 5.29. The highest BCUT2D eigenvalue weighted by Crippen LogP contribution is 2.38. The van der Waals surface area contributed by atoms with Crippen LogP contribution in [0.5, 0.6) is 0 Å². The summed E-state index contributed by atoms with van der Waals surface area (Å²) in [5.74, 6) is -1.86. The highest BCUT2D eigenvalue weighted by molar-refractivity contribution is 6.53. The molecule has 0 atom stereocenters. The van der Waals surface area contributed by atoms with Crippen molar-refractivity contribution in [3.8, 4) is 0 Å². The van der Waals surface area contributed by atoms with Gasteiger partial charge in [-0.05, 0) is 30.3 Å². The van der Waals surface area contributed by atoms with Crippen LogP contribution in [0.15, 0.2) is 59.3 Å². The normalized spacial score (nSPS) is 15.0. The molecular weight excluding hydrogens is 392 g/mol. The van der Waals surface area contributed by atoms with Crippen LogP contribution in [0.25, 0.3) is 0 Å². The molecule has 1 aliphatic heterocycles. The molecule has 1 heterocycles. The SMILES string of the molecule is O=C1C(Cl)=C(Nc2ccccc2)C(=O)N1c1cc(C(F)(F)F)ccc1Cl. The zero-order chi connectivity index (χ0) is 19.1. The smallest absolute Gasteiger partial charge is 0.350 e. The lowest BCUT2D eigenvalue weighted by Gasteiger charge is -2.18. The van der Waals surface area contributed by atoms with Crippen LogP contribution in [0.3, 0.4) is 0 Å². The summed E-state index contributed by atoms with van der Waals surface area (Å²) in [7, 11) is 0. The zero-order valence-electron chi connectivity index (χ0n) is 12.8. The lowest BCUT2D eigenvalue weighted by molar-refractivity contribution is -0.137. The number of amides is 2. The molecule has 0 saturated carbocycles. The van der Waals surface area contributed by atoms with E-state index < -0.39 is 28.6 Å². The number of rotatable bonds is 3. The summed E-state index contributed by atoms with van der Waals surface area (Å²) in [4.78, 5) is 25.5. The standard InChI is InChI=1S/C17H9Cl2F3N2O2/c18-11-7-6-9(17(20,21)22)8-12(11)24-15(25)13(19)14(16(24)26)23-10-4-2-1-3-5-10/h1-8,23H. The van der Waals surface area contributed by atoms with Crippen molar-refractivity contribution in [1.29, 1.82) is 0 Å². The number of halogens is 5. The Bertz CT molecular complexity index is 927. The Kier molecular flexibility index (Phi) is 4.68. The average molecular weight is 401 g/mol. The van der Waals surface area contributed by atoms with Gasteiger partial charge >= 0.3 is 6.18 Å². The first-order valence-corrected chi connectivity index (χ1v) is 7.93. The maximum Gasteiger partial charge on any atom is 0.416 e. The van der Waals surface area contributed by atoms with Gasteiger partial charge in [-0.2, -0.15) is 13.2 Å². The second-order valence-corrected chi connectivity index (χ2v) is 6.07. The van der Waals surface area contributed by atoms with Crippen molar-refractivity contribution in [3.63, 3.8) is 0 Å².